The van der Waals surface area contributed by atoms with E-state index in [1.807, 2.05) is 48.5 Å². The van der Waals surface area contributed by atoms with Crippen LogP contribution in [0.4, 0.5) is 8.78 Å². The molecule has 1 amide bonds. The molecule has 3 nitrogen and oxygen atoms in total. The number of Topliss-reactive ketones (excluding diaryl/α,β-unsaturated/α-hetero) is 1. The molecule has 5 heteroatoms. The van der Waals surface area contributed by atoms with E-state index in [9.17, 15) is 18.4 Å². The molecule has 2 aromatic rings. The first kappa shape index (κ1) is 16.9. The van der Waals surface area contributed by atoms with Crippen molar-refractivity contribution in [1.82, 2.24) is 5.32 Å². The lowest BCUT2D eigenvalue weighted by atomic mass is 9.75. The topological polar surface area (TPSA) is 46.2 Å². The van der Waals surface area contributed by atoms with Gasteiger partial charge in [0.1, 0.15) is 11.5 Å². The third kappa shape index (κ3) is 2.81. The molecule has 4 rings (SSSR count). The Morgan fingerprint density at radius 3 is 2.19 bits per heavy atom. The highest BCUT2D eigenvalue weighted by molar-refractivity contribution is 6.17. The van der Waals surface area contributed by atoms with Crippen molar-refractivity contribution >= 4 is 11.7 Å². The molecular formula is C21H19F2NO2. The fourth-order valence-corrected chi connectivity index (χ4v) is 4.01. The summed E-state index contributed by atoms with van der Waals surface area (Å²) in [6, 6.07) is 17.0. The van der Waals surface area contributed by atoms with E-state index in [0.717, 1.165) is 11.1 Å². The first-order valence-corrected chi connectivity index (χ1v) is 8.80. The van der Waals surface area contributed by atoms with Crippen LogP contribution in [0.3, 0.4) is 0 Å². The summed E-state index contributed by atoms with van der Waals surface area (Å²) in [6.45, 7) is 0. The highest BCUT2D eigenvalue weighted by atomic mass is 19.3. The number of alkyl halides is 2. The second kappa shape index (κ2) is 6.01. The standard InChI is InChI=1S/C21H19F2NO2/c22-21(23)11-9-20(10-12-21)18(25)17(19(26)24-20)16-8-4-7-15(13-16)14-5-2-1-3-6-14/h1-8,13,17H,9-12H2,(H,24,26). The van der Waals surface area contributed by atoms with Gasteiger partial charge in [0, 0.05) is 12.8 Å². The number of nitrogens with one attached hydrogen (secondary N) is 1. The predicted molar refractivity (Wildman–Crippen MR) is 93.9 cm³/mol. The van der Waals surface area contributed by atoms with Crippen LogP contribution in [0, 0.1) is 0 Å². The SMILES string of the molecule is O=C1NC2(CCC(F)(F)CC2)C(=O)C1c1cccc(-c2ccccc2)c1. The molecule has 0 aromatic heterocycles. The number of hydrogen-bond acceptors (Lipinski definition) is 2. The van der Waals surface area contributed by atoms with E-state index in [1.165, 1.54) is 0 Å². The number of carbonyl (C=O) groups is 2. The molecule has 2 aromatic carbocycles. The molecule has 1 saturated heterocycles. The highest BCUT2D eigenvalue weighted by Gasteiger charge is 2.56. The van der Waals surface area contributed by atoms with Crippen molar-refractivity contribution in [2.45, 2.75) is 43.1 Å². The average Bonchev–Trinajstić information content (AvgIpc) is 2.89. The van der Waals surface area contributed by atoms with Gasteiger partial charge in [0.2, 0.25) is 11.8 Å². The van der Waals surface area contributed by atoms with Gasteiger partial charge in [-0.2, -0.15) is 0 Å². The van der Waals surface area contributed by atoms with Gasteiger partial charge in [0.15, 0.2) is 5.78 Å². The Balaban J connectivity index is 1.65. The van der Waals surface area contributed by atoms with Crippen LogP contribution in [0.2, 0.25) is 0 Å². The van der Waals surface area contributed by atoms with Crippen molar-refractivity contribution < 1.29 is 18.4 Å². The molecule has 134 valence electrons. The number of amides is 1. The Kier molecular flexibility index (Phi) is 3.90. The number of benzene rings is 2. The monoisotopic (exact) mass is 355 g/mol. The van der Waals surface area contributed by atoms with Crippen LogP contribution in [0.25, 0.3) is 11.1 Å². The fraction of sp³-hybridized carbons (Fsp3) is 0.333. The lowest BCUT2D eigenvalue weighted by Crippen LogP contribution is -2.51. The van der Waals surface area contributed by atoms with Crippen LogP contribution in [-0.4, -0.2) is 23.2 Å². The van der Waals surface area contributed by atoms with Crippen molar-refractivity contribution in [3.8, 4) is 11.1 Å². The summed E-state index contributed by atoms with van der Waals surface area (Å²) in [6.07, 6.45) is -0.732. The van der Waals surface area contributed by atoms with Crippen LogP contribution in [0.5, 0.6) is 0 Å². The zero-order chi connectivity index (χ0) is 18.4. The van der Waals surface area contributed by atoms with Gasteiger partial charge in [-0.1, -0.05) is 48.5 Å². The lowest BCUT2D eigenvalue weighted by molar-refractivity contribution is -0.128. The lowest BCUT2D eigenvalue weighted by Gasteiger charge is -2.35. The van der Waals surface area contributed by atoms with Crippen molar-refractivity contribution in [3.05, 3.63) is 60.2 Å². The summed E-state index contributed by atoms with van der Waals surface area (Å²) in [4.78, 5) is 25.6. The smallest absolute Gasteiger partial charge is 0.248 e. The molecular weight excluding hydrogens is 336 g/mol. The van der Waals surface area contributed by atoms with Crippen molar-refractivity contribution in [1.29, 1.82) is 0 Å². The van der Waals surface area contributed by atoms with E-state index in [2.05, 4.69) is 5.32 Å². The average molecular weight is 355 g/mol. The van der Waals surface area contributed by atoms with Gasteiger partial charge in [-0.15, -0.1) is 0 Å². The number of rotatable bonds is 2. The Bertz CT molecular complexity index is 853. The largest absolute Gasteiger partial charge is 0.343 e. The molecule has 1 aliphatic carbocycles. The molecule has 1 saturated carbocycles. The Labute approximate surface area is 150 Å². The maximum atomic E-state index is 13.5. The maximum absolute atomic E-state index is 13.5. The van der Waals surface area contributed by atoms with Crippen LogP contribution in [0.15, 0.2) is 54.6 Å². The molecule has 1 spiro atoms. The summed E-state index contributed by atoms with van der Waals surface area (Å²) in [5, 5.41) is 2.74. The van der Waals surface area contributed by atoms with Gasteiger partial charge in [0.05, 0.1) is 0 Å². The van der Waals surface area contributed by atoms with E-state index in [-0.39, 0.29) is 37.4 Å². The highest BCUT2D eigenvalue weighted by Crippen LogP contribution is 2.44. The quantitative estimate of drug-likeness (QED) is 0.825. The van der Waals surface area contributed by atoms with Gasteiger partial charge >= 0.3 is 0 Å². The molecule has 26 heavy (non-hydrogen) atoms. The summed E-state index contributed by atoms with van der Waals surface area (Å²) in [5.41, 5.74) is 1.39. The van der Waals surface area contributed by atoms with E-state index in [0.29, 0.717) is 5.56 Å². The minimum Gasteiger partial charge on any atom is -0.343 e. The number of ketones is 1. The molecule has 1 aliphatic heterocycles. The Morgan fingerprint density at radius 2 is 1.50 bits per heavy atom. The summed E-state index contributed by atoms with van der Waals surface area (Å²) >= 11 is 0. The van der Waals surface area contributed by atoms with Crippen LogP contribution in [-0.2, 0) is 9.59 Å². The zero-order valence-corrected chi connectivity index (χ0v) is 14.2. The van der Waals surface area contributed by atoms with Gasteiger partial charge < -0.3 is 5.32 Å². The minimum atomic E-state index is -2.75. The summed E-state index contributed by atoms with van der Waals surface area (Å²) < 4.78 is 27.0. The molecule has 1 unspecified atom stereocenters. The van der Waals surface area contributed by atoms with Gasteiger partial charge in [0.25, 0.3) is 0 Å². The third-order valence-electron chi connectivity index (χ3n) is 5.52. The molecule has 0 radical (unpaired) electrons. The van der Waals surface area contributed by atoms with Crippen LogP contribution in [0.1, 0.15) is 37.2 Å². The Hall–Kier alpha value is -2.56. The Morgan fingerprint density at radius 1 is 0.846 bits per heavy atom. The number of hydrogen-bond donors (Lipinski definition) is 1. The minimum absolute atomic E-state index is 0.000546. The molecule has 1 atom stereocenters. The fourth-order valence-electron chi connectivity index (χ4n) is 4.01. The normalized spacial score (nSPS) is 23.8. The van der Waals surface area contributed by atoms with E-state index >= 15 is 0 Å². The third-order valence-corrected chi connectivity index (χ3v) is 5.52. The zero-order valence-electron chi connectivity index (χ0n) is 14.2. The second-order valence-electron chi connectivity index (χ2n) is 7.22. The summed E-state index contributed by atoms with van der Waals surface area (Å²) in [7, 11) is 0. The van der Waals surface area contributed by atoms with Crippen molar-refractivity contribution in [3.63, 3.8) is 0 Å². The number of halogens is 2. The van der Waals surface area contributed by atoms with Crippen molar-refractivity contribution in [2.75, 3.05) is 0 Å². The number of carbonyl (C=O) groups excluding carboxylic acids is 2. The van der Waals surface area contributed by atoms with E-state index < -0.39 is 17.4 Å². The first-order chi connectivity index (χ1) is 12.4. The van der Waals surface area contributed by atoms with E-state index in [1.54, 1.807) is 6.07 Å². The van der Waals surface area contributed by atoms with Crippen molar-refractivity contribution in [2.24, 2.45) is 0 Å². The first-order valence-electron chi connectivity index (χ1n) is 8.80. The molecule has 2 fully saturated rings. The second-order valence-corrected chi connectivity index (χ2v) is 7.22. The molecule has 0 bridgehead atoms. The van der Waals surface area contributed by atoms with Crippen LogP contribution < -0.4 is 5.32 Å². The van der Waals surface area contributed by atoms with E-state index in [4.69, 9.17) is 0 Å². The van der Waals surface area contributed by atoms with Gasteiger partial charge in [-0.05, 0) is 35.6 Å². The predicted octanol–water partition coefficient (Wildman–Crippen LogP) is 4.08. The molecule has 1 N–H and O–H groups in total. The molecule has 1 heterocycles. The van der Waals surface area contributed by atoms with Gasteiger partial charge in [-0.3, -0.25) is 9.59 Å². The molecule has 2 aliphatic rings. The summed E-state index contributed by atoms with van der Waals surface area (Å²) in [5.74, 6) is -4.33. The van der Waals surface area contributed by atoms with Gasteiger partial charge in [-0.25, -0.2) is 8.78 Å². The maximum Gasteiger partial charge on any atom is 0.248 e. The van der Waals surface area contributed by atoms with Crippen LogP contribution >= 0.6 is 0 Å².